The molecule has 1 saturated heterocycles. The van der Waals surface area contributed by atoms with E-state index in [-0.39, 0.29) is 34.3 Å². The van der Waals surface area contributed by atoms with Crippen molar-refractivity contribution in [3.63, 3.8) is 0 Å². The highest BCUT2D eigenvalue weighted by Crippen LogP contribution is 2.36. The summed E-state index contributed by atoms with van der Waals surface area (Å²) in [4.78, 5) is 38.9. The lowest BCUT2D eigenvalue weighted by molar-refractivity contribution is -0.384. The third kappa shape index (κ3) is 5.74. The highest BCUT2D eigenvalue weighted by Gasteiger charge is 2.35. The Morgan fingerprint density at radius 1 is 1.08 bits per heavy atom. The number of anilines is 1. The van der Waals surface area contributed by atoms with Gasteiger partial charge in [0.1, 0.15) is 5.69 Å². The van der Waals surface area contributed by atoms with Crippen molar-refractivity contribution in [2.24, 2.45) is 0 Å². The Bertz CT molecular complexity index is 1480. The normalized spacial score (nSPS) is 17.3. The molecule has 3 aromatic rings. The average Bonchev–Trinajstić information content (AvgIpc) is 3.34. The lowest BCUT2D eigenvalue weighted by Gasteiger charge is -2.24. The van der Waals surface area contributed by atoms with Gasteiger partial charge < -0.3 is 9.88 Å². The van der Waals surface area contributed by atoms with Crippen LogP contribution in [0.4, 0.5) is 16.2 Å². The number of imide groups is 1. The maximum absolute atomic E-state index is 13.1. The van der Waals surface area contributed by atoms with Crippen LogP contribution in [0.3, 0.4) is 0 Å². The van der Waals surface area contributed by atoms with Crippen molar-refractivity contribution in [2.75, 3.05) is 5.32 Å². The Balaban J connectivity index is 1.40. The Labute approximate surface area is 236 Å². The van der Waals surface area contributed by atoms with E-state index in [1.807, 2.05) is 30.5 Å². The maximum atomic E-state index is 13.1. The van der Waals surface area contributed by atoms with Crippen LogP contribution in [-0.2, 0) is 11.3 Å². The fourth-order valence-electron chi connectivity index (χ4n) is 5.28. The first-order valence-electron chi connectivity index (χ1n) is 13.0. The molecule has 1 aliphatic heterocycles. The number of nitrogens with zero attached hydrogens (tertiary/aromatic N) is 3. The lowest BCUT2D eigenvalue weighted by atomic mass is 9.95. The molecule has 39 heavy (non-hydrogen) atoms. The molecule has 0 bridgehead atoms. The Morgan fingerprint density at radius 3 is 2.49 bits per heavy atom. The van der Waals surface area contributed by atoms with Gasteiger partial charge in [0.25, 0.3) is 16.8 Å². The number of nitrogens with one attached hydrogen (secondary N) is 1. The zero-order chi connectivity index (χ0) is 27.7. The molecule has 202 valence electrons. The van der Waals surface area contributed by atoms with Crippen molar-refractivity contribution in [2.45, 2.75) is 58.5 Å². The van der Waals surface area contributed by atoms with Crippen LogP contribution in [-0.4, -0.2) is 31.6 Å². The van der Waals surface area contributed by atoms with Gasteiger partial charge in [-0.2, -0.15) is 0 Å². The van der Waals surface area contributed by atoms with E-state index in [0.717, 1.165) is 60.0 Å². The topological polar surface area (TPSA) is 97.5 Å². The average molecular weight is 565 g/mol. The molecule has 2 aliphatic rings. The van der Waals surface area contributed by atoms with Crippen LogP contribution >= 0.6 is 23.4 Å². The summed E-state index contributed by atoms with van der Waals surface area (Å²) in [7, 11) is 0. The molecule has 1 saturated carbocycles. The molecule has 2 fully saturated rings. The molecular weight excluding hydrogens is 536 g/mol. The molecular formula is C29H29ClN4O4S. The minimum absolute atomic E-state index is 0.0374. The molecule has 0 atom stereocenters. The van der Waals surface area contributed by atoms with Crippen molar-refractivity contribution >= 4 is 52.0 Å². The largest absolute Gasteiger partial charge is 0.377 e. The highest BCUT2D eigenvalue weighted by molar-refractivity contribution is 8.18. The summed E-state index contributed by atoms with van der Waals surface area (Å²) in [5, 5.41) is 15.6. The van der Waals surface area contributed by atoms with E-state index >= 15 is 0 Å². The Hall–Kier alpha value is -3.56. The molecule has 10 heteroatoms. The molecule has 8 nitrogen and oxygen atoms in total. The Kier molecular flexibility index (Phi) is 7.81. The predicted molar refractivity (Wildman–Crippen MR) is 155 cm³/mol. The van der Waals surface area contributed by atoms with Gasteiger partial charge in [-0.25, -0.2) is 0 Å². The number of thioether (sulfide) groups is 1. The molecule has 1 N–H and O–H groups in total. The summed E-state index contributed by atoms with van der Waals surface area (Å²) < 4.78 is 1.93. The molecule has 1 aliphatic carbocycles. The van der Waals surface area contributed by atoms with Gasteiger partial charge in [-0.15, -0.1) is 0 Å². The summed E-state index contributed by atoms with van der Waals surface area (Å²) in [6.45, 7) is 3.98. The van der Waals surface area contributed by atoms with Crippen molar-refractivity contribution in [3.8, 4) is 5.69 Å². The number of aryl methyl sites for hydroxylation is 1. The number of benzene rings is 2. The van der Waals surface area contributed by atoms with Crippen LogP contribution in [0, 0.1) is 24.0 Å². The van der Waals surface area contributed by atoms with Crippen LogP contribution in [0.1, 0.15) is 54.6 Å². The number of hydrogen-bond acceptors (Lipinski definition) is 6. The van der Waals surface area contributed by atoms with Gasteiger partial charge in [-0.05, 0) is 86.0 Å². The van der Waals surface area contributed by atoms with Gasteiger partial charge in [-0.1, -0.05) is 43.0 Å². The summed E-state index contributed by atoms with van der Waals surface area (Å²) in [5.41, 5.74) is 4.51. The summed E-state index contributed by atoms with van der Waals surface area (Å²) >= 11 is 6.85. The van der Waals surface area contributed by atoms with Gasteiger partial charge in [0.2, 0.25) is 0 Å². The van der Waals surface area contributed by atoms with Crippen LogP contribution in [0.15, 0.2) is 53.4 Å². The number of hydrogen-bond donors (Lipinski definition) is 1. The maximum Gasteiger partial charge on any atom is 0.294 e. The van der Waals surface area contributed by atoms with Gasteiger partial charge in [0.05, 0.1) is 22.1 Å². The van der Waals surface area contributed by atoms with Crippen molar-refractivity contribution in [1.82, 2.24) is 9.47 Å². The van der Waals surface area contributed by atoms with Gasteiger partial charge in [-0.3, -0.25) is 24.6 Å². The zero-order valence-electron chi connectivity index (χ0n) is 21.8. The zero-order valence-corrected chi connectivity index (χ0v) is 23.3. The van der Waals surface area contributed by atoms with Crippen LogP contribution in [0.5, 0.6) is 0 Å². The SMILES string of the molecule is Cc1cc(/C=C2\SC(=O)N(Cc3ccc(Cl)cc3)C2=O)c(C)n1-c1ccc(NC2CCCCC2)c([N+](=O)[O-])c1. The number of amides is 2. The molecule has 0 spiro atoms. The molecule has 1 aromatic heterocycles. The van der Waals surface area contributed by atoms with Crippen LogP contribution in [0.25, 0.3) is 11.8 Å². The van der Waals surface area contributed by atoms with Crippen LogP contribution < -0.4 is 5.32 Å². The van der Waals surface area contributed by atoms with Gasteiger partial charge in [0.15, 0.2) is 0 Å². The van der Waals surface area contributed by atoms with Crippen molar-refractivity contribution in [1.29, 1.82) is 0 Å². The van der Waals surface area contributed by atoms with E-state index in [9.17, 15) is 19.7 Å². The summed E-state index contributed by atoms with van der Waals surface area (Å²) in [6.07, 6.45) is 7.23. The fourth-order valence-corrected chi connectivity index (χ4v) is 6.24. The number of halogens is 1. The second kappa shape index (κ2) is 11.3. The molecule has 0 unspecified atom stereocenters. The number of carbonyl (C=O) groups excluding carboxylic acids is 2. The quantitative estimate of drug-likeness (QED) is 0.180. The number of nitro groups is 1. The number of carbonyl (C=O) groups is 2. The van der Waals surface area contributed by atoms with Gasteiger partial charge >= 0.3 is 0 Å². The molecule has 2 aromatic carbocycles. The lowest BCUT2D eigenvalue weighted by Crippen LogP contribution is -2.27. The standard InChI is InChI=1S/C29H29ClN4O4S/c1-18-14-21(15-27-28(35)32(29(36)39-27)17-20-8-10-22(30)11-9-20)19(2)33(18)24-12-13-25(26(16-24)34(37)38)31-23-6-4-3-5-7-23/h8-16,23,31H,3-7,17H2,1-2H3/b27-15-. The minimum Gasteiger partial charge on any atom is -0.377 e. The summed E-state index contributed by atoms with van der Waals surface area (Å²) in [5.74, 6) is -0.349. The molecule has 0 radical (unpaired) electrons. The second-order valence-corrected chi connectivity index (χ2v) is 11.4. The molecule has 2 amide bonds. The van der Waals surface area contributed by atoms with E-state index < -0.39 is 0 Å². The fraction of sp³-hybridized carbons (Fsp3) is 0.310. The first kappa shape index (κ1) is 27.0. The Morgan fingerprint density at radius 2 is 1.79 bits per heavy atom. The third-order valence-corrected chi connectivity index (χ3v) is 8.44. The summed E-state index contributed by atoms with van der Waals surface area (Å²) in [6, 6.07) is 14.4. The second-order valence-electron chi connectivity index (χ2n) is 9.99. The van der Waals surface area contributed by atoms with Crippen LogP contribution in [0.2, 0.25) is 5.02 Å². The molecule has 2 heterocycles. The van der Waals surface area contributed by atoms with E-state index in [1.165, 1.54) is 11.3 Å². The van der Waals surface area contributed by atoms with Gasteiger partial charge in [0, 0.05) is 28.5 Å². The van der Waals surface area contributed by atoms with E-state index in [2.05, 4.69) is 5.32 Å². The number of rotatable bonds is 7. The van der Waals surface area contributed by atoms with E-state index in [1.54, 1.807) is 42.5 Å². The molecule has 5 rings (SSSR count). The monoisotopic (exact) mass is 564 g/mol. The van der Waals surface area contributed by atoms with Crippen molar-refractivity contribution < 1.29 is 14.5 Å². The van der Waals surface area contributed by atoms with Crippen molar-refractivity contribution in [3.05, 3.63) is 91.1 Å². The smallest absolute Gasteiger partial charge is 0.294 e. The number of aromatic nitrogens is 1. The first-order chi connectivity index (χ1) is 18.7. The predicted octanol–water partition coefficient (Wildman–Crippen LogP) is 7.64. The first-order valence-corrected chi connectivity index (χ1v) is 14.1. The van der Waals surface area contributed by atoms with E-state index in [4.69, 9.17) is 11.6 Å². The third-order valence-electron chi connectivity index (χ3n) is 7.29. The highest BCUT2D eigenvalue weighted by atomic mass is 35.5. The van der Waals surface area contributed by atoms with E-state index in [0.29, 0.717) is 21.3 Å². The number of nitro benzene ring substituents is 1. The minimum atomic E-state index is -0.349.